The Kier molecular flexibility index (Phi) is 5.76. The third-order valence-electron chi connectivity index (χ3n) is 4.64. The van der Waals surface area contributed by atoms with Gasteiger partial charge in [0.1, 0.15) is 30.0 Å². The molecule has 0 saturated carbocycles. The molecule has 30 heavy (non-hydrogen) atoms. The minimum absolute atomic E-state index is 0.109. The summed E-state index contributed by atoms with van der Waals surface area (Å²) in [6, 6.07) is -1.12. The number of likely N-dealkylation sites (tertiary alicyclic amines) is 1. The quantitative estimate of drug-likeness (QED) is 0.649. The predicted molar refractivity (Wildman–Crippen MR) is 105 cm³/mol. The van der Waals surface area contributed by atoms with E-state index >= 15 is 0 Å². The molecule has 0 aliphatic carbocycles. The largest absolute Gasteiger partial charge is 0.468 e. The first kappa shape index (κ1) is 21.3. The van der Waals surface area contributed by atoms with Crippen LogP contribution in [-0.2, 0) is 19.1 Å². The second-order valence-corrected chi connectivity index (χ2v) is 7.91. The Hall–Kier alpha value is -3.44. The molecule has 1 aliphatic rings. The van der Waals surface area contributed by atoms with Crippen LogP contribution in [0.4, 0.5) is 10.6 Å². The van der Waals surface area contributed by atoms with Gasteiger partial charge in [-0.05, 0) is 27.2 Å². The van der Waals surface area contributed by atoms with E-state index in [-0.39, 0.29) is 24.8 Å². The molecule has 2 amide bonds. The van der Waals surface area contributed by atoms with Crippen molar-refractivity contribution in [1.82, 2.24) is 29.7 Å². The fraction of sp³-hybridized carbons (Fsp3) is 0.556. The van der Waals surface area contributed by atoms with Crippen molar-refractivity contribution in [3.05, 3.63) is 12.7 Å². The molecule has 0 bridgehead atoms. The van der Waals surface area contributed by atoms with Crippen LogP contribution in [-0.4, -0.2) is 74.2 Å². The number of hydrogen-bond acceptors (Lipinski definition) is 9. The highest BCUT2D eigenvalue weighted by atomic mass is 16.6. The number of rotatable bonds is 5. The number of ether oxygens (including phenoxy) is 2. The first-order valence-electron chi connectivity index (χ1n) is 9.38. The SMILES string of the molecule is COC(=O)CN1C(=O)[C@H](n2cnc3c(N)ncnc32)C[C@H]1CNC(=O)OC(C)(C)C. The number of amides is 2. The van der Waals surface area contributed by atoms with Crippen molar-refractivity contribution in [2.45, 2.75) is 44.9 Å². The zero-order valence-corrected chi connectivity index (χ0v) is 17.3. The topological polar surface area (TPSA) is 155 Å². The van der Waals surface area contributed by atoms with Crippen LogP contribution in [0.1, 0.15) is 33.2 Å². The molecule has 2 aromatic rings. The third-order valence-corrected chi connectivity index (χ3v) is 4.64. The van der Waals surface area contributed by atoms with E-state index in [1.807, 2.05) is 0 Å². The molecular formula is C18H25N7O5. The number of methoxy groups -OCH3 is 1. The van der Waals surface area contributed by atoms with Gasteiger partial charge in [0.15, 0.2) is 11.5 Å². The lowest BCUT2D eigenvalue weighted by Gasteiger charge is -2.25. The van der Waals surface area contributed by atoms with Crippen molar-refractivity contribution in [2.24, 2.45) is 0 Å². The summed E-state index contributed by atoms with van der Waals surface area (Å²) in [6.07, 6.45) is 2.48. The number of anilines is 1. The summed E-state index contributed by atoms with van der Waals surface area (Å²) < 4.78 is 11.6. The van der Waals surface area contributed by atoms with Crippen LogP contribution >= 0.6 is 0 Å². The van der Waals surface area contributed by atoms with Crippen LogP contribution in [0.5, 0.6) is 0 Å². The second kappa shape index (κ2) is 8.13. The molecule has 1 aliphatic heterocycles. The Bertz CT molecular complexity index is 967. The summed E-state index contributed by atoms with van der Waals surface area (Å²) in [4.78, 5) is 50.7. The number of imidazole rings is 1. The fourth-order valence-corrected chi connectivity index (χ4v) is 3.31. The van der Waals surface area contributed by atoms with Crippen LogP contribution in [0.25, 0.3) is 11.2 Å². The molecule has 3 heterocycles. The Morgan fingerprint density at radius 3 is 2.70 bits per heavy atom. The molecule has 1 fully saturated rings. The second-order valence-electron chi connectivity index (χ2n) is 7.91. The summed E-state index contributed by atoms with van der Waals surface area (Å²) in [7, 11) is 1.25. The van der Waals surface area contributed by atoms with Gasteiger partial charge < -0.3 is 30.0 Å². The number of aromatic nitrogens is 4. The van der Waals surface area contributed by atoms with Gasteiger partial charge in [0, 0.05) is 6.54 Å². The minimum atomic E-state index is -0.667. The average molecular weight is 419 g/mol. The van der Waals surface area contributed by atoms with Crippen molar-refractivity contribution >= 4 is 35.0 Å². The molecule has 3 rings (SSSR count). The first-order chi connectivity index (χ1) is 14.1. The predicted octanol–water partition coefficient (Wildman–Crippen LogP) is 0.248. The van der Waals surface area contributed by atoms with Crippen molar-refractivity contribution in [3.63, 3.8) is 0 Å². The number of hydrogen-bond donors (Lipinski definition) is 2. The number of alkyl carbamates (subject to hydrolysis) is 1. The van der Waals surface area contributed by atoms with E-state index < -0.39 is 29.7 Å². The normalized spacial score (nSPS) is 19.2. The Labute approximate surface area is 172 Å². The molecule has 1 saturated heterocycles. The van der Waals surface area contributed by atoms with Gasteiger partial charge in [-0.15, -0.1) is 0 Å². The Morgan fingerprint density at radius 1 is 1.30 bits per heavy atom. The molecule has 3 N–H and O–H groups in total. The van der Waals surface area contributed by atoms with E-state index in [0.29, 0.717) is 17.6 Å². The standard InChI is InChI=1S/C18H25N7O5/c1-18(2,3)30-17(28)20-6-10-5-11(16(27)24(10)7-12(26)29-4)25-9-23-13-14(19)21-8-22-15(13)25/h8-11H,5-7H2,1-4H3,(H,20,28)(H2,19,21,22)/t10-,11+/m0/s1. The zero-order valence-electron chi connectivity index (χ0n) is 17.3. The van der Waals surface area contributed by atoms with Crippen molar-refractivity contribution < 1.29 is 23.9 Å². The number of nitrogens with two attached hydrogens (primary N) is 1. The summed E-state index contributed by atoms with van der Waals surface area (Å²) in [5, 5.41) is 2.66. The molecule has 0 spiro atoms. The number of nitrogen functional groups attached to an aromatic ring is 1. The van der Waals surface area contributed by atoms with Gasteiger partial charge in [0.25, 0.3) is 0 Å². The van der Waals surface area contributed by atoms with E-state index in [1.165, 1.54) is 24.7 Å². The van der Waals surface area contributed by atoms with Crippen molar-refractivity contribution in [3.8, 4) is 0 Å². The van der Waals surface area contributed by atoms with Crippen LogP contribution in [0.15, 0.2) is 12.7 Å². The van der Waals surface area contributed by atoms with Crippen molar-refractivity contribution in [2.75, 3.05) is 25.9 Å². The maximum absolute atomic E-state index is 13.1. The van der Waals surface area contributed by atoms with E-state index in [9.17, 15) is 14.4 Å². The van der Waals surface area contributed by atoms with Gasteiger partial charge in [-0.3, -0.25) is 9.59 Å². The summed E-state index contributed by atoms with van der Waals surface area (Å²) in [5.74, 6) is -0.667. The van der Waals surface area contributed by atoms with Gasteiger partial charge in [0.2, 0.25) is 5.91 Å². The van der Waals surface area contributed by atoms with Crippen LogP contribution in [0.3, 0.4) is 0 Å². The maximum atomic E-state index is 13.1. The molecule has 2 aromatic heterocycles. The number of nitrogens with one attached hydrogen (secondary N) is 1. The highest BCUT2D eigenvalue weighted by molar-refractivity contribution is 5.89. The summed E-state index contributed by atoms with van der Waals surface area (Å²) in [6.45, 7) is 5.13. The minimum Gasteiger partial charge on any atom is -0.468 e. The molecule has 0 aromatic carbocycles. The molecule has 12 nitrogen and oxygen atoms in total. The van der Waals surface area contributed by atoms with E-state index in [0.717, 1.165) is 0 Å². The van der Waals surface area contributed by atoms with Gasteiger partial charge in [-0.1, -0.05) is 0 Å². The Morgan fingerprint density at radius 2 is 2.03 bits per heavy atom. The van der Waals surface area contributed by atoms with Gasteiger partial charge in [0.05, 0.1) is 19.5 Å². The number of carbonyl (C=O) groups excluding carboxylic acids is 3. The van der Waals surface area contributed by atoms with Gasteiger partial charge in [-0.2, -0.15) is 0 Å². The molecular weight excluding hydrogens is 394 g/mol. The van der Waals surface area contributed by atoms with Crippen LogP contribution < -0.4 is 11.1 Å². The summed E-state index contributed by atoms with van der Waals surface area (Å²) >= 11 is 0. The average Bonchev–Trinajstić information content (AvgIpc) is 3.21. The zero-order chi connectivity index (χ0) is 22.1. The summed E-state index contributed by atoms with van der Waals surface area (Å²) in [5.41, 5.74) is 5.98. The lowest BCUT2D eigenvalue weighted by atomic mass is 10.1. The van der Waals surface area contributed by atoms with Gasteiger partial charge in [-0.25, -0.2) is 19.7 Å². The lowest BCUT2D eigenvalue weighted by molar-refractivity contribution is -0.147. The van der Waals surface area contributed by atoms with Crippen LogP contribution in [0.2, 0.25) is 0 Å². The molecule has 2 atom stereocenters. The third kappa shape index (κ3) is 4.42. The smallest absolute Gasteiger partial charge is 0.407 e. The Balaban J connectivity index is 1.82. The van der Waals surface area contributed by atoms with E-state index in [2.05, 4.69) is 20.3 Å². The van der Waals surface area contributed by atoms with E-state index in [1.54, 1.807) is 25.3 Å². The first-order valence-corrected chi connectivity index (χ1v) is 9.38. The molecule has 12 heteroatoms. The molecule has 0 radical (unpaired) electrons. The highest BCUT2D eigenvalue weighted by Gasteiger charge is 2.42. The fourth-order valence-electron chi connectivity index (χ4n) is 3.31. The van der Waals surface area contributed by atoms with Crippen molar-refractivity contribution in [1.29, 1.82) is 0 Å². The van der Waals surface area contributed by atoms with Crippen LogP contribution in [0, 0.1) is 0 Å². The van der Waals surface area contributed by atoms with Gasteiger partial charge >= 0.3 is 12.1 Å². The molecule has 0 unspecified atom stereocenters. The number of carbonyl (C=O) groups is 3. The lowest BCUT2D eigenvalue weighted by Crippen LogP contribution is -2.45. The molecule has 162 valence electrons. The highest BCUT2D eigenvalue weighted by Crippen LogP contribution is 2.31. The number of nitrogens with zero attached hydrogens (tertiary/aromatic N) is 5. The number of fused-ring (bicyclic) bond motifs is 1. The maximum Gasteiger partial charge on any atom is 0.407 e. The number of esters is 1. The van der Waals surface area contributed by atoms with E-state index in [4.69, 9.17) is 15.2 Å². The monoisotopic (exact) mass is 419 g/mol.